The summed E-state index contributed by atoms with van der Waals surface area (Å²) in [4.78, 5) is 45.0. The van der Waals surface area contributed by atoms with Crippen LogP contribution in [0, 0.1) is 0 Å². The number of carbonyl (C=O) groups is 2. The van der Waals surface area contributed by atoms with E-state index < -0.39 is 11.5 Å². The van der Waals surface area contributed by atoms with Crippen LogP contribution in [-0.4, -0.2) is 47.1 Å². The van der Waals surface area contributed by atoms with Gasteiger partial charge in [-0.1, -0.05) is 6.07 Å². The van der Waals surface area contributed by atoms with Crippen molar-refractivity contribution in [3.63, 3.8) is 0 Å². The van der Waals surface area contributed by atoms with Crippen LogP contribution in [0.5, 0.6) is 11.5 Å². The number of nitrogens with zero attached hydrogens (tertiary/aromatic N) is 3. The van der Waals surface area contributed by atoms with Crippen LogP contribution in [0.25, 0.3) is 10.9 Å². The summed E-state index contributed by atoms with van der Waals surface area (Å²) in [5, 5.41) is 5.42. The molecular formula is C20H21N5O5. The lowest BCUT2D eigenvalue weighted by molar-refractivity contribution is -0.126. The number of pyridine rings is 1. The van der Waals surface area contributed by atoms with Crippen LogP contribution in [0.3, 0.4) is 0 Å². The number of fused-ring (bicyclic) bond motifs is 1. The molecule has 0 aliphatic heterocycles. The topological polar surface area (TPSA) is 124 Å². The fraction of sp³-hybridized carbons (Fsp3) is 0.250. The molecule has 0 saturated carbocycles. The minimum atomic E-state index is -0.494. The molecule has 2 amide bonds. The lowest BCUT2D eigenvalue weighted by atomic mass is 10.2. The van der Waals surface area contributed by atoms with Crippen molar-refractivity contribution in [3.8, 4) is 11.5 Å². The largest absolute Gasteiger partial charge is 0.493 e. The Morgan fingerprint density at radius 1 is 1.03 bits per heavy atom. The predicted molar refractivity (Wildman–Crippen MR) is 108 cm³/mol. The molecule has 0 spiro atoms. The van der Waals surface area contributed by atoms with Gasteiger partial charge in [-0.2, -0.15) is 0 Å². The van der Waals surface area contributed by atoms with Crippen LogP contribution in [0.2, 0.25) is 0 Å². The van der Waals surface area contributed by atoms with Crippen LogP contribution in [0.15, 0.2) is 47.7 Å². The second-order valence-electron chi connectivity index (χ2n) is 6.28. The number of carbonyl (C=O) groups excluding carboxylic acids is 2. The van der Waals surface area contributed by atoms with E-state index in [4.69, 9.17) is 9.47 Å². The molecule has 0 saturated heterocycles. The molecular weight excluding hydrogens is 390 g/mol. The summed E-state index contributed by atoms with van der Waals surface area (Å²) < 4.78 is 11.6. The van der Waals surface area contributed by atoms with Crippen molar-refractivity contribution < 1.29 is 19.1 Å². The fourth-order valence-corrected chi connectivity index (χ4v) is 2.74. The summed E-state index contributed by atoms with van der Waals surface area (Å²) >= 11 is 0. The van der Waals surface area contributed by atoms with Crippen LogP contribution < -0.4 is 25.7 Å². The summed E-state index contributed by atoms with van der Waals surface area (Å²) in [5.41, 5.74) is 0.719. The van der Waals surface area contributed by atoms with E-state index in [1.165, 1.54) is 26.6 Å². The molecule has 0 radical (unpaired) electrons. The molecule has 0 bridgehead atoms. The summed E-state index contributed by atoms with van der Waals surface area (Å²) in [6.07, 6.45) is 2.90. The van der Waals surface area contributed by atoms with Crippen LogP contribution >= 0.6 is 0 Å². The highest BCUT2D eigenvalue weighted by molar-refractivity contribution is 5.85. The van der Waals surface area contributed by atoms with Gasteiger partial charge in [-0.25, -0.2) is 4.98 Å². The third kappa shape index (κ3) is 4.90. The van der Waals surface area contributed by atoms with Gasteiger partial charge in [0.2, 0.25) is 11.8 Å². The average molecular weight is 411 g/mol. The molecule has 0 atom stereocenters. The van der Waals surface area contributed by atoms with Gasteiger partial charge in [-0.05, 0) is 18.2 Å². The number of nitrogens with one attached hydrogen (secondary N) is 2. The second kappa shape index (κ2) is 9.50. The van der Waals surface area contributed by atoms with E-state index in [0.29, 0.717) is 22.7 Å². The molecule has 0 aliphatic carbocycles. The number of methoxy groups -OCH3 is 2. The fourth-order valence-electron chi connectivity index (χ4n) is 2.74. The molecule has 156 valence electrons. The first-order valence-corrected chi connectivity index (χ1v) is 9.06. The minimum absolute atomic E-state index is 0.216. The van der Waals surface area contributed by atoms with Crippen LogP contribution in [0.1, 0.15) is 5.69 Å². The maximum atomic E-state index is 12.7. The summed E-state index contributed by atoms with van der Waals surface area (Å²) in [5.74, 6) is -0.0266. The molecule has 2 N–H and O–H groups in total. The highest BCUT2D eigenvalue weighted by Crippen LogP contribution is 2.29. The highest BCUT2D eigenvalue weighted by Gasteiger charge is 2.13. The number of rotatable bonds is 8. The Labute approximate surface area is 171 Å². The van der Waals surface area contributed by atoms with Gasteiger partial charge in [-0.3, -0.25) is 23.9 Å². The van der Waals surface area contributed by atoms with E-state index in [9.17, 15) is 14.4 Å². The van der Waals surface area contributed by atoms with Crippen molar-refractivity contribution in [1.29, 1.82) is 0 Å². The van der Waals surface area contributed by atoms with Crippen molar-refractivity contribution in [3.05, 3.63) is 58.9 Å². The molecule has 10 heteroatoms. The van der Waals surface area contributed by atoms with Gasteiger partial charge >= 0.3 is 0 Å². The molecule has 1 aromatic carbocycles. The molecule has 3 aromatic rings. The van der Waals surface area contributed by atoms with E-state index in [2.05, 4.69) is 20.6 Å². The zero-order chi connectivity index (χ0) is 21.5. The molecule has 30 heavy (non-hydrogen) atoms. The highest BCUT2D eigenvalue weighted by atomic mass is 16.5. The lowest BCUT2D eigenvalue weighted by Crippen LogP contribution is -2.39. The van der Waals surface area contributed by atoms with E-state index in [1.54, 1.807) is 24.4 Å². The third-order valence-corrected chi connectivity index (χ3v) is 4.28. The zero-order valence-corrected chi connectivity index (χ0v) is 16.5. The predicted octanol–water partition coefficient (Wildman–Crippen LogP) is 0.241. The quantitative estimate of drug-likeness (QED) is 0.544. The number of aromatic nitrogens is 3. The SMILES string of the molecule is COc1cc2ncn(CC(=O)NCC(=O)NCc3ccccn3)c(=O)c2cc1OC. The number of hydrogen-bond acceptors (Lipinski definition) is 7. The minimum Gasteiger partial charge on any atom is -0.493 e. The van der Waals surface area contributed by atoms with Gasteiger partial charge < -0.3 is 20.1 Å². The Hall–Kier alpha value is -3.95. The summed E-state index contributed by atoms with van der Waals surface area (Å²) in [6.45, 7) is -0.231. The molecule has 2 aromatic heterocycles. The molecule has 0 unspecified atom stereocenters. The first kappa shape index (κ1) is 20.8. The third-order valence-electron chi connectivity index (χ3n) is 4.28. The van der Waals surface area contributed by atoms with Crippen LogP contribution in [0.4, 0.5) is 0 Å². The smallest absolute Gasteiger partial charge is 0.261 e. The Morgan fingerprint density at radius 3 is 2.50 bits per heavy atom. The Morgan fingerprint density at radius 2 is 1.80 bits per heavy atom. The van der Waals surface area contributed by atoms with Crippen LogP contribution in [-0.2, 0) is 22.7 Å². The standard InChI is InChI=1S/C20H21N5O5/c1-29-16-7-14-15(8-17(16)30-2)24-12-25(20(14)28)11-19(27)23-10-18(26)22-9-13-5-3-4-6-21-13/h3-8,12H,9-11H2,1-2H3,(H,22,26)(H,23,27). The Balaban J connectivity index is 1.61. The molecule has 2 heterocycles. The van der Waals surface area contributed by atoms with Gasteiger partial charge in [0.1, 0.15) is 6.54 Å². The number of benzene rings is 1. The van der Waals surface area contributed by atoms with Crippen molar-refractivity contribution in [2.45, 2.75) is 13.1 Å². The lowest BCUT2D eigenvalue weighted by Gasteiger charge is -2.11. The van der Waals surface area contributed by atoms with Gasteiger partial charge in [-0.15, -0.1) is 0 Å². The molecule has 3 rings (SSSR count). The maximum absolute atomic E-state index is 12.7. The molecule has 10 nitrogen and oxygen atoms in total. The van der Waals surface area contributed by atoms with Gasteiger partial charge in [0.05, 0.1) is 50.2 Å². The van der Waals surface area contributed by atoms with Crippen molar-refractivity contribution >= 4 is 22.7 Å². The number of amides is 2. The van der Waals surface area contributed by atoms with E-state index in [1.807, 2.05) is 6.07 Å². The zero-order valence-electron chi connectivity index (χ0n) is 16.5. The number of hydrogen-bond donors (Lipinski definition) is 2. The normalized spacial score (nSPS) is 10.5. The van der Waals surface area contributed by atoms with Crippen molar-refractivity contribution in [2.75, 3.05) is 20.8 Å². The first-order chi connectivity index (χ1) is 14.5. The van der Waals surface area contributed by atoms with Crippen molar-refractivity contribution in [1.82, 2.24) is 25.2 Å². The van der Waals surface area contributed by atoms with Gasteiger partial charge in [0.15, 0.2) is 11.5 Å². The number of ether oxygens (including phenoxy) is 2. The van der Waals surface area contributed by atoms with E-state index in [-0.39, 0.29) is 30.9 Å². The van der Waals surface area contributed by atoms with Gasteiger partial charge in [0, 0.05) is 12.3 Å². The van der Waals surface area contributed by atoms with Gasteiger partial charge in [0.25, 0.3) is 5.56 Å². The second-order valence-corrected chi connectivity index (χ2v) is 6.28. The summed E-state index contributed by atoms with van der Waals surface area (Å²) in [7, 11) is 2.95. The first-order valence-electron chi connectivity index (χ1n) is 9.06. The maximum Gasteiger partial charge on any atom is 0.261 e. The average Bonchev–Trinajstić information content (AvgIpc) is 2.78. The molecule has 0 aliphatic rings. The van der Waals surface area contributed by atoms with E-state index in [0.717, 1.165) is 4.57 Å². The van der Waals surface area contributed by atoms with E-state index >= 15 is 0 Å². The summed E-state index contributed by atoms with van der Waals surface area (Å²) in [6, 6.07) is 8.48. The molecule has 0 fully saturated rings. The Bertz CT molecular complexity index is 1110. The monoisotopic (exact) mass is 411 g/mol. The van der Waals surface area contributed by atoms with Crippen molar-refractivity contribution in [2.24, 2.45) is 0 Å². The Kier molecular flexibility index (Phi) is 6.58.